The summed E-state index contributed by atoms with van der Waals surface area (Å²) in [6, 6.07) is 3.18. The van der Waals surface area contributed by atoms with Gasteiger partial charge in [-0.3, -0.25) is 9.88 Å². The van der Waals surface area contributed by atoms with Gasteiger partial charge in [-0.15, -0.1) is 11.3 Å². The molecule has 6 nitrogen and oxygen atoms in total. The maximum absolute atomic E-state index is 11.7. The van der Waals surface area contributed by atoms with E-state index in [1.807, 2.05) is 0 Å². The van der Waals surface area contributed by atoms with Crippen LogP contribution in [0.2, 0.25) is 0 Å². The van der Waals surface area contributed by atoms with E-state index >= 15 is 0 Å². The van der Waals surface area contributed by atoms with Crippen LogP contribution in [0.5, 0.6) is 0 Å². The molecule has 1 N–H and O–H groups in total. The van der Waals surface area contributed by atoms with Gasteiger partial charge in [0.05, 0.1) is 6.29 Å². The van der Waals surface area contributed by atoms with Crippen molar-refractivity contribution in [1.29, 1.82) is 0 Å². The molecule has 98 valence electrons. The van der Waals surface area contributed by atoms with Crippen molar-refractivity contribution in [3.05, 3.63) is 17.5 Å². The lowest BCUT2D eigenvalue weighted by atomic mass is 10.7. The van der Waals surface area contributed by atoms with Gasteiger partial charge < -0.3 is 9.05 Å². The number of rotatable bonds is 7. The van der Waals surface area contributed by atoms with Crippen molar-refractivity contribution in [3.63, 3.8) is 0 Å². The molecule has 0 aliphatic rings. The molecule has 0 atom stereocenters. The van der Waals surface area contributed by atoms with Crippen molar-refractivity contribution >= 4 is 28.8 Å². The van der Waals surface area contributed by atoms with Crippen LogP contribution < -0.4 is 5.32 Å². The highest BCUT2D eigenvalue weighted by atomic mass is 32.2. The van der Waals surface area contributed by atoms with Crippen molar-refractivity contribution in [2.24, 2.45) is 0 Å². The predicted octanol–water partition coefficient (Wildman–Crippen LogP) is 1.51. The summed E-state index contributed by atoms with van der Waals surface area (Å²) in [6.45, 7) is 0. The minimum atomic E-state index is -3.38. The second-order valence-electron chi connectivity index (χ2n) is 3.08. The van der Waals surface area contributed by atoms with Crippen LogP contribution >= 0.6 is 18.9 Å². The first-order valence-corrected chi connectivity index (χ1v) is 8.87. The van der Waals surface area contributed by atoms with Gasteiger partial charge in [0.1, 0.15) is 10.1 Å². The molecule has 0 saturated heterocycles. The van der Waals surface area contributed by atoms with E-state index in [4.69, 9.17) is 0 Å². The van der Waals surface area contributed by atoms with Gasteiger partial charge in [-0.1, -0.05) is 6.07 Å². The number of nitrogens with one attached hydrogen (secondary N) is 1. The van der Waals surface area contributed by atoms with Crippen LogP contribution in [0.1, 0.15) is 0 Å². The number of hydrogen-bond donors (Lipinski definition) is 1. The van der Waals surface area contributed by atoms with Gasteiger partial charge in [-0.25, -0.2) is 8.42 Å². The molecule has 0 unspecified atom stereocenters. The molecule has 1 aromatic heterocycles. The van der Waals surface area contributed by atoms with Crippen LogP contribution in [0.4, 0.5) is 0 Å². The molecule has 1 aromatic rings. The predicted molar refractivity (Wildman–Crippen MR) is 66.0 cm³/mol. The summed E-state index contributed by atoms with van der Waals surface area (Å²) >= 11 is 1.14. The Bertz CT molecular complexity index is 476. The van der Waals surface area contributed by atoms with Crippen molar-refractivity contribution in [2.45, 2.75) is 4.21 Å². The summed E-state index contributed by atoms with van der Waals surface area (Å²) in [5.74, 6) is -0.301. The van der Waals surface area contributed by atoms with Crippen LogP contribution in [0, 0.1) is 0 Å². The Balaban J connectivity index is 2.55. The van der Waals surface area contributed by atoms with E-state index in [0.717, 1.165) is 11.3 Å². The molecule has 0 aliphatic carbocycles. The molecule has 0 spiro atoms. The fourth-order valence-electron chi connectivity index (χ4n) is 1.03. The number of thiophene rings is 1. The van der Waals surface area contributed by atoms with E-state index in [1.54, 1.807) is 11.4 Å². The van der Waals surface area contributed by atoms with Gasteiger partial charge in [0.2, 0.25) is 9.84 Å². The Kier molecular flexibility index (Phi) is 5.30. The minimum absolute atomic E-state index is 0.148. The summed E-state index contributed by atoms with van der Waals surface area (Å²) in [5.41, 5.74) is 0. The van der Waals surface area contributed by atoms with Gasteiger partial charge in [0.25, 0.3) is 0 Å². The van der Waals surface area contributed by atoms with Crippen LogP contribution in [-0.2, 0) is 23.4 Å². The highest BCUT2D eigenvalue weighted by Gasteiger charge is 2.22. The maximum atomic E-state index is 11.7. The van der Waals surface area contributed by atoms with E-state index in [1.165, 1.54) is 20.3 Å². The fraction of sp³-hybridized carbons (Fsp3) is 0.500. The zero-order valence-electron chi connectivity index (χ0n) is 9.45. The Hall–Kier alpha value is -0.240. The van der Waals surface area contributed by atoms with Crippen LogP contribution in [0.3, 0.4) is 0 Å². The summed E-state index contributed by atoms with van der Waals surface area (Å²) in [5, 5.41) is 4.24. The molecule has 0 aromatic carbocycles. The Morgan fingerprint density at radius 1 is 1.41 bits per heavy atom. The zero-order valence-corrected chi connectivity index (χ0v) is 12.0. The van der Waals surface area contributed by atoms with E-state index in [-0.39, 0.29) is 16.4 Å². The average molecular weight is 299 g/mol. The number of hydrogen-bond acceptors (Lipinski definition) is 7. The molecule has 0 aliphatic heterocycles. The average Bonchev–Trinajstić information content (AvgIpc) is 2.82. The van der Waals surface area contributed by atoms with E-state index in [9.17, 15) is 13.0 Å². The molecule has 9 heteroatoms. The standard InChI is InChI=1S/C8H14NO5PS2/c1-13-15(10,14-2)6-9-7-17(11,12)8-4-3-5-16-8/h3-5,9H,6-7H2,1-2H3. The summed E-state index contributed by atoms with van der Waals surface area (Å²) < 4.78 is 44.7. The van der Waals surface area contributed by atoms with Crippen LogP contribution in [0.25, 0.3) is 0 Å². The van der Waals surface area contributed by atoms with E-state index < -0.39 is 17.4 Å². The lowest BCUT2D eigenvalue weighted by Gasteiger charge is -2.13. The van der Waals surface area contributed by atoms with Gasteiger partial charge in [0, 0.05) is 14.2 Å². The molecule has 0 radical (unpaired) electrons. The maximum Gasteiger partial charge on any atom is 0.343 e. The lowest BCUT2D eigenvalue weighted by Crippen LogP contribution is -2.24. The summed E-state index contributed by atoms with van der Waals surface area (Å²) in [7, 11) is -4.10. The second kappa shape index (κ2) is 6.08. The fourth-order valence-corrected chi connectivity index (χ4v) is 4.15. The van der Waals surface area contributed by atoms with Gasteiger partial charge in [-0.05, 0) is 11.4 Å². The van der Waals surface area contributed by atoms with Crippen molar-refractivity contribution in [3.8, 4) is 0 Å². The first kappa shape index (κ1) is 14.8. The molecule has 17 heavy (non-hydrogen) atoms. The minimum Gasteiger partial charge on any atom is -0.311 e. The molecular formula is C8H14NO5PS2. The van der Waals surface area contributed by atoms with Crippen molar-refractivity contribution in [2.75, 3.05) is 26.4 Å². The number of sulfone groups is 1. The Morgan fingerprint density at radius 3 is 2.53 bits per heavy atom. The molecule has 1 rings (SSSR count). The van der Waals surface area contributed by atoms with Crippen molar-refractivity contribution in [1.82, 2.24) is 5.32 Å². The normalized spacial score (nSPS) is 12.8. The lowest BCUT2D eigenvalue weighted by molar-refractivity contribution is 0.274. The van der Waals surface area contributed by atoms with Gasteiger partial charge in [-0.2, -0.15) is 0 Å². The van der Waals surface area contributed by atoms with E-state index in [0.29, 0.717) is 0 Å². The smallest absolute Gasteiger partial charge is 0.311 e. The first-order valence-electron chi connectivity index (χ1n) is 4.61. The Labute approximate surface area is 104 Å². The first-order chi connectivity index (χ1) is 7.93. The van der Waals surface area contributed by atoms with Gasteiger partial charge in [0.15, 0.2) is 0 Å². The van der Waals surface area contributed by atoms with Crippen molar-refractivity contribution < 1.29 is 22.0 Å². The Morgan fingerprint density at radius 2 is 2.06 bits per heavy atom. The molecule has 0 saturated carbocycles. The molecule has 0 amide bonds. The molecule has 1 heterocycles. The molecular weight excluding hydrogens is 285 g/mol. The zero-order chi connectivity index (χ0) is 12.9. The monoisotopic (exact) mass is 299 g/mol. The quantitative estimate of drug-likeness (QED) is 0.769. The summed E-state index contributed by atoms with van der Waals surface area (Å²) in [4.78, 5) is 0. The molecule has 0 bridgehead atoms. The molecule has 0 fully saturated rings. The second-order valence-corrected chi connectivity index (χ2v) is 8.51. The topological polar surface area (TPSA) is 81.7 Å². The van der Waals surface area contributed by atoms with Crippen LogP contribution in [0.15, 0.2) is 21.7 Å². The SMILES string of the molecule is COP(=O)(CNCS(=O)(=O)c1cccs1)OC. The largest absolute Gasteiger partial charge is 0.343 e. The third-order valence-electron chi connectivity index (χ3n) is 1.96. The highest BCUT2D eigenvalue weighted by Crippen LogP contribution is 2.44. The summed E-state index contributed by atoms with van der Waals surface area (Å²) in [6.07, 6.45) is -0.148. The highest BCUT2D eigenvalue weighted by molar-refractivity contribution is 7.93. The van der Waals surface area contributed by atoms with E-state index in [2.05, 4.69) is 14.4 Å². The third-order valence-corrected chi connectivity index (χ3v) is 6.72. The van der Waals surface area contributed by atoms with Gasteiger partial charge >= 0.3 is 7.60 Å². The third kappa shape index (κ3) is 4.17. The van der Waals surface area contributed by atoms with Crippen LogP contribution in [-0.4, -0.2) is 34.8 Å².